The summed E-state index contributed by atoms with van der Waals surface area (Å²) in [6, 6.07) is 90.3. The van der Waals surface area contributed by atoms with E-state index in [9.17, 15) is 0 Å². The molecule has 0 saturated carbocycles. The zero-order valence-electron chi connectivity index (χ0n) is 41.8. The summed E-state index contributed by atoms with van der Waals surface area (Å²) in [6.07, 6.45) is 0. The van der Waals surface area contributed by atoms with E-state index in [-0.39, 0.29) is 0 Å². The lowest BCUT2D eigenvalue weighted by Gasteiger charge is -2.38. The summed E-state index contributed by atoms with van der Waals surface area (Å²) in [5, 5.41) is 9.31. The average molecular weight is 1020 g/mol. The number of benzene rings is 12. The molecule has 0 unspecified atom stereocenters. The minimum Gasteiger partial charge on any atom is -0.456 e. The lowest BCUT2D eigenvalue weighted by Crippen LogP contribution is -2.30. The van der Waals surface area contributed by atoms with Gasteiger partial charge in [-0.1, -0.05) is 146 Å². The van der Waals surface area contributed by atoms with Crippen LogP contribution < -0.4 is 0 Å². The molecule has 6 heteroatoms. The fourth-order valence-corrected chi connectivity index (χ4v) is 19.1. The summed E-state index contributed by atoms with van der Waals surface area (Å²) < 4.78 is 35.0. The second-order valence-electron chi connectivity index (χ2n) is 21.0. The van der Waals surface area contributed by atoms with E-state index in [4.69, 9.17) is 8.83 Å². The molecule has 18 rings (SSSR count). The van der Waals surface area contributed by atoms with Gasteiger partial charge in [0.05, 0.1) is 22.1 Å². The van der Waals surface area contributed by atoms with Crippen LogP contribution >= 0.6 is 0 Å². The first-order chi connectivity index (χ1) is 38.5. The first-order valence-corrected chi connectivity index (χ1v) is 28.5. The normalized spacial score (nSPS) is 14.5. The van der Waals surface area contributed by atoms with Gasteiger partial charge in [0, 0.05) is 83.1 Å². The first kappa shape index (κ1) is 42.2. The van der Waals surface area contributed by atoms with E-state index < -0.39 is 9.07 Å². The number of hydrogen-bond acceptors (Lipinski definition) is 3. The third-order valence-electron chi connectivity index (χ3n) is 17.3. The van der Waals surface area contributed by atoms with Crippen molar-refractivity contribution in [2.75, 3.05) is 0 Å². The largest absolute Gasteiger partial charge is 0.456 e. The van der Waals surface area contributed by atoms with Gasteiger partial charge in [0.1, 0.15) is 22.3 Å². The van der Waals surface area contributed by atoms with Crippen molar-refractivity contribution in [3.05, 3.63) is 255 Å². The molecule has 0 N–H and O–H groups in total. The molecule has 2 aliphatic heterocycles. The number of nitrogens with zero attached hydrogens (tertiary/aromatic N) is 2. The monoisotopic (exact) mass is 1010 g/mol. The molecule has 12 aromatic carbocycles. The van der Waals surface area contributed by atoms with Crippen LogP contribution in [0.25, 0.3) is 143 Å². The predicted molar refractivity (Wildman–Crippen MR) is 319 cm³/mol. The Morgan fingerprint density at radius 1 is 0.269 bits per heavy atom. The Hall–Kier alpha value is -10.0. The van der Waals surface area contributed by atoms with Gasteiger partial charge >= 0.3 is 0 Å². The van der Waals surface area contributed by atoms with E-state index in [2.05, 4.69) is 228 Å². The predicted octanol–water partition coefficient (Wildman–Crippen LogP) is 19.3. The van der Waals surface area contributed by atoms with Crippen LogP contribution in [-0.4, -0.2) is 13.3 Å². The number of hydrogen-bond donors (Lipinski definition) is 0. The van der Waals surface area contributed by atoms with E-state index >= 15 is 4.21 Å². The Bertz CT molecular complexity index is 5060. The van der Waals surface area contributed by atoms with E-state index in [0.717, 1.165) is 141 Å². The lowest BCUT2D eigenvalue weighted by molar-refractivity contribution is 0.658. The molecule has 0 aliphatic carbocycles. The summed E-state index contributed by atoms with van der Waals surface area (Å²) in [5.41, 5.74) is 18.7. The molecule has 0 atom stereocenters. The Morgan fingerprint density at radius 3 is 1.10 bits per heavy atom. The van der Waals surface area contributed by atoms with Crippen molar-refractivity contribution in [3.8, 4) is 55.9 Å². The Morgan fingerprint density at radius 2 is 0.641 bits per heavy atom. The van der Waals surface area contributed by atoms with Gasteiger partial charge in [-0.05, 0) is 154 Å². The average Bonchev–Trinajstić information content (AvgIpc) is 2.55. The van der Waals surface area contributed by atoms with Crippen LogP contribution in [0.5, 0.6) is 0 Å². The third-order valence-corrected chi connectivity index (χ3v) is 22.0. The molecule has 0 fully saturated rings. The van der Waals surface area contributed by atoms with Crippen molar-refractivity contribution in [1.29, 1.82) is 0 Å². The van der Waals surface area contributed by atoms with Crippen LogP contribution in [0.4, 0.5) is 0 Å². The third kappa shape index (κ3) is 5.18. The van der Waals surface area contributed by atoms with Crippen LogP contribution in [0.1, 0.15) is 0 Å². The molecule has 0 amide bonds. The van der Waals surface area contributed by atoms with Gasteiger partial charge in [-0.25, -0.2) is 0 Å². The number of aromatic nitrogens is 2. The Kier molecular flexibility index (Phi) is 8.06. The van der Waals surface area contributed by atoms with Gasteiger partial charge < -0.3 is 18.0 Å². The van der Waals surface area contributed by atoms with Crippen molar-refractivity contribution in [2.45, 2.75) is 19.6 Å². The van der Waals surface area contributed by atoms with Crippen molar-refractivity contribution in [2.24, 2.45) is 0 Å². The lowest BCUT2D eigenvalue weighted by atomic mass is 9.99. The highest BCUT2D eigenvalue weighted by Crippen LogP contribution is 2.71. The van der Waals surface area contributed by atoms with E-state index in [1.165, 1.54) is 21.5 Å². The number of fused-ring (bicyclic) bond motifs is 24. The molecule has 4 aromatic heterocycles. The highest BCUT2D eigenvalue weighted by atomic mass is 32.3. The molecular weight excluding hydrogens is 973 g/mol. The summed E-state index contributed by atoms with van der Waals surface area (Å²) in [6.45, 7) is 0. The van der Waals surface area contributed by atoms with Crippen molar-refractivity contribution >= 4 is 96.6 Å². The van der Waals surface area contributed by atoms with Crippen molar-refractivity contribution in [1.82, 2.24) is 9.13 Å². The number of para-hydroxylation sites is 4. The molecule has 0 radical (unpaired) electrons. The molecule has 6 heterocycles. The minimum absolute atomic E-state index is 0.868. The van der Waals surface area contributed by atoms with Crippen molar-refractivity contribution < 1.29 is 13.0 Å². The zero-order valence-corrected chi connectivity index (χ0v) is 42.6. The maximum atomic E-state index is 17.6. The Balaban J connectivity index is 0.744. The van der Waals surface area contributed by atoms with Gasteiger partial charge in [0.15, 0.2) is 0 Å². The number of furan rings is 2. The molecule has 16 aromatic rings. The molecule has 1 spiro atoms. The quantitative estimate of drug-likeness (QED) is 0.177. The molecule has 78 heavy (non-hydrogen) atoms. The summed E-state index contributed by atoms with van der Waals surface area (Å²) in [7, 11) is -4.09. The zero-order chi connectivity index (χ0) is 51.0. The first-order valence-electron chi connectivity index (χ1n) is 26.5. The molecule has 0 bridgehead atoms. The number of rotatable bonds is 4. The molecule has 0 saturated heterocycles. The summed E-state index contributed by atoms with van der Waals surface area (Å²) in [4.78, 5) is 3.48. The van der Waals surface area contributed by atoms with Crippen LogP contribution in [0.2, 0.25) is 0 Å². The van der Waals surface area contributed by atoms with Gasteiger partial charge in [0.25, 0.3) is 0 Å². The molecule has 2 aliphatic rings. The van der Waals surface area contributed by atoms with Gasteiger partial charge in [-0.15, -0.1) is 0 Å². The van der Waals surface area contributed by atoms with Crippen LogP contribution in [0.3, 0.4) is 0 Å². The van der Waals surface area contributed by atoms with E-state index in [0.29, 0.717) is 0 Å². The Labute approximate surface area is 446 Å². The standard InChI is InChI=1S/C72H42N2O3S/c75-78(65-23-11-5-13-49(65)55-41-45(29-39-67(55)78)43-25-31-47(32-26-43)73-57-19-7-1-15-51(57)69-59(73)35-37-63-71(69)53-17-3-9-21-61(53)76-63)66-24-12-6-14-50(66)56-42-46(30-40-68(56)78)44-27-33-48(34-28-44)74-58-20-8-2-16-52(58)70-60(74)36-38-64-72(70)54-18-4-10-22-62(54)77-64/h1-42H. The van der Waals surface area contributed by atoms with Gasteiger partial charge in [-0.2, -0.15) is 0 Å². The van der Waals surface area contributed by atoms with Crippen LogP contribution in [0.15, 0.2) is 283 Å². The summed E-state index contributed by atoms with van der Waals surface area (Å²) >= 11 is 0. The second kappa shape index (κ2) is 14.9. The second-order valence-corrected chi connectivity index (χ2v) is 24.7. The maximum Gasteiger partial charge on any atom is 0.136 e. The fraction of sp³-hybridized carbons (Fsp3) is 0. The topological polar surface area (TPSA) is 53.2 Å². The van der Waals surface area contributed by atoms with E-state index in [1.54, 1.807) is 0 Å². The van der Waals surface area contributed by atoms with Crippen LogP contribution in [-0.2, 0) is 9.07 Å². The highest BCUT2D eigenvalue weighted by Gasteiger charge is 2.57. The molecule has 364 valence electrons. The fourth-order valence-electron chi connectivity index (χ4n) is 14.0. The molecule has 5 nitrogen and oxygen atoms in total. The minimum atomic E-state index is -4.09. The highest BCUT2D eigenvalue weighted by molar-refractivity contribution is 8.21. The van der Waals surface area contributed by atoms with Gasteiger partial charge in [-0.3, -0.25) is 4.21 Å². The van der Waals surface area contributed by atoms with Gasteiger partial charge in [0.2, 0.25) is 0 Å². The smallest absolute Gasteiger partial charge is 0.136 e. The van der Waals surface area contributed by atoms with Crippen molar-refractivity contribution in [3.63, 3.8) is 0 Å². The maximum absolute atomic E-state index is 17.6. The molecular formula is C72H42N2O3S. The SMILES string of the molecule is O=S12(c3ccccc3-c3cc(-c4ccc(-n5c6ccccc6c6c7c(ccc65)oc5ccccc57)cc4)ccc31)c1ccccc1-c1cc(-c3ccc(-n4c5ccccc5c5c6c(ccc54)oc4ccccc46)cc3)ccc12. The van der Waals surface area contributed by atoms with Crippen LogP contribution in [0, 0.1) is 0 Å². The summed E-state index contributed by atoms with van der Waals surface area (Å²) in [5.74, 6) is 0. The van der Waals surface area contributed by atoms with E-state index in [1.807, 2.05) is 36.4 Å².